The lowest BCUT2D eigenvalue weighted by molar-refractivity contribution is -0.126. The monoisotopic (exact) mass is 267 g/mol. The first-order valence-electron chi connectivity index (χ1n) is 5.09. The first-order chi connectivity index (χ1) is 6.57. The van der Waals surface area contributed by atoms with Crippen molar-refractivity contribution in [1.29, 1.82) is 0 Å². The van der Waals surface area contributed by atoms with Crippen molar-refractivity contribution in [2.75, 3.05) is 31.6 Å². The Labute approximate surface area is 93.9 Å². The van der Waals surface area contributed by atoms with E-state index in [1.54, 1.807) is 0 Å². The summed E-state index contributed by atoms with van der Waals surface area (Å²) in [5.41, 5.74) is -0.104. The van der Waals surface area contributed by atoms with E-state index in [0.717, 1.165) is 25.0 Å². The Morgan fingerprint density at radius 1 is 1.57 bits per heavy atom. The van der Waals surface area contributed by atoms with Gasteiger partial charge in [0.1, 0.15) is 0 Å². The maximum Gasteiger partial charge on any atom is 0.0906 e. The number of rotatable bonds is 4. The minimum Gasteiger partial charge on any atom is -0.369 e. The molecule has 0 N–H and O–H groups in total. The van der Waals surface area contributed by atoms with E-state index in [1.807, 2.05) is 0 Å². The van der Waals surface area contributed by atoms with Gasteiger partial charge < -0.3 is 4.74 Å². The SMILES string of the molecule is CC1(C)CN(CCCF)CC(CBr)O1. The number of hydrogen-bond donors (Lipinski definition) is 0. The average Bonchev–Trinajstić information content (AvgIpc) is 2.12. The van der Waals surface area contributed by atoms with Gasteiger partial charge in [-0.3, -0.25) is 9.29 Å². The number of ether oxygens (including phenoxy) is 1. The van der Waals surface area contributed by atoms with Gasteiger partial charge in [-0.2, -0.15) is 0 Å². The van der Waals surface area contributed by atoms with E-state index in [0.29, 0.717) is 6.42 Å². The van der Waals surface area contributed by atoms with Crippen molar-refractivity contribution in [1.82, 2.24) is 4.90 Å². The molecule has 0 amide bonds. The summed E-state index contributed by atoms with van der Waals surface area (Å²) in [5, 5.41) is 0.850. The molecule has 1 aliphatic rings. The van der Waals surface area contributed by atoms with Gasteiger partial charge in [0, 0.05) is 25.0 Å². The highest BCUT2D eigenvalue weighted by atomic mass is 79.9. The molecule has 1 atom stereocenters. The molecule has 0 aliphatic carbocycles. The summed E-state index contributed by atoms with van der Waals surface area (Å²) in [6, 6.07) is 0. The molecule has 1 unspecified atom stereocenters. The number of nitrogens with zero attached hydrogens (tertiary/aromatic N) is 1. The number of alkyl halides is 2. The van der Waals surface area contributed by atoms with E-state index < -0.39 is 0 Å². The van der Waals surface area contributed by atoms with Gasteiger partial charge in [-0.1, -0.05) is 15.9 Å². The highest BCUT2D eigenvalue weighted by molar-refractivity contribution is 9.09. The zero-order chi connectivity index (χ0) is 10.6. The van der Waals surface area contributed by atoms with E-state index in [-0.39, 0.29) is 18.4 Å². The summed E-state index contributed by atoms with van der Waals surface area (Å²) < 4.78 is 17.9. The van der Waals surface area contributed by atoms with Crippen LogP contribution < -0.4 is 0 Å². The molecule has 0 saturated carbocycles. The largest absolute Gasteiger partial charge is 0.369 e. The summed E-state index contributed by atoms with van der Waals surface area (Å²) >= 11 is 3.43. The third-order valence-electron chi connectivity index (χ3n) is 2.33. The number of halogens is 2. The molecule has 0 aromatic carbocycles. The summed E-state index contributed by atoms with van der Waals surface area (Å²) in [4.78, 5) is 2.29. The van der Waals surface area contributed by atoms with Crippen LogP contribution in [0.25, 0.3) is 0 Å². The molecule has 14 heavy (non-hydrogen) atoms. The fraction of sp³-hybridized carbons (Fsp3) is 1.00. The van der Waals surface area contributed by atoms with Crippen LogP contribution >= 0.6 is 15.9 Å². The minimum atomic E-state index is -0.225. The molecule has 1 heterocycles. The maximum absolute atomic E-state index is 12.1. The second kappa shape index (κ2) is 5.42. The molecule has 0 spiro atoms. The van der Waals surface area contributed by atoms with Gasteiger partial charge in [0.05, 0.1) is 18.4 Å². The van der Waals surface area contributed by atoms with Crippen LogP contribution in [0.2, 0.25) is 0 Å². The molecule has 84 valence electrons. The van der Waals surface area contributed by atoms with Crippen molar-refractivity contribution < 1.29 is 9.13 Å². The zero-order valence-electron chi connectivity index (χ0n) is 8.93. The van der Waals surface area contributed by atoms with Crippen molar-refractivity contribution in [2.45, 2.75) is 32.0 Å². The van der Waals surface area contributed by atoms with Gasteiger partial charge in [-0.05, 0) is 20.3 Å². The lowest BCUT2D eigenvalue weighted by Crippen LogP contribution is -2.53. The molecule has 2 nitrogen and oxygen atoms in total. The Morgan fingerprint density at radius 3 is 2.86 bits per heavy atom. The van der Waals surface area contributed by atoms with E-state index in [1.165, 1.54) is 0 Å². The first kappa shape index (κ1) is 12.4. The Hall–Kier alpha value is 0.330. The smallest absolute Gasteiger partial charge is 0.0906 e. The summed E-state index contributed by atoms with van der Waals surface area (Å²) in [6.45, 7) is 6.60. The fourth-order valence-corrected chi connectivity index (χ4v) is 2.29. The van der Waals surface area contributed by atoms with Gasteiger partial charge in [0.2, 0.25) is 0 Å². The molecular formula is C10H19BrFNO. The van der Waals surface area contributed by atoms with Crippen molar-refractivity contribution in [3.05, 3.63) is 0 Å². The molecule has 1 aliphatic heterocycles. The molecule has 1 saturated heterocycles. The quantitative estimate of drug-likeness (QED) is 0.725. The van der Waals surface area contributed by atoms with Crippen LogP contribution in [0, 0.1) is 0 Å². The highest BCUT2D eigenvalue weighted by Crippen LogP contribution is 2.21. The van der Waals surface area contributed by atoms with E-state index in [4.69, 9.17) is 4.74 Å². The van der Waals surface area contributed by atoms with Crippen LogP contribution in [0.4, 0.5) is 4.39 Å². The standard InChI is InChI=1S/C10H19BrFNO/c1-10(2)8-13(5-3-4-12)7-9(6-11)14-10/h9H,3-8H2,1-2H3. The number of morpholine rings is 1. The third-order valence-corrected chi connectivity index (χ3v) is 3.05. The minimum absolute atomic E-state index is 0.104. The highest BCUT2D eigenvalue weighted by Gasteiger charge is 2.32. The van der Waals surface area contributed by atoms with Crippen LogP contribution in [0.15, 0.2) is 0 Å². The van der Waals surface area contributed by atoms with Crippen LogP contribution in [0.5, 0.6) is 0 Å². The van der Waals surface area contributed by atoms with Gasteiger partial charge in [0.25, 0.3) is 0 Å². The lowest BCUT2D eigenvalue weighted by atomic mass is 10.1. The Kier molecular flexibility index (Phi) is 4.80. The molecule has 0 aromatic rings. The fourth-order valence-electron chi connectivity index (χ4n) is 1.95. The molecule has 0 radical (unpaired) electrons. The van der Waals surface area contributed by atoms with Crippen LogP contribution in [0.3, 0.4) is 0 Å². The van der Waals surface area contributed by atoms with E-state index in [2.05, 4.69) is 34.7 Å². The van der Waals surface area contributed by atoms with Gasteiger partial charge in [0.15, 0.2) is 0 Å². The van der Waals surface area contributed by atoms with E-state index in [9.17, 15) is 4.39 Å². The summed E-state index contributed by atoms with van der Waals surface area (Å²) in [6.07, 6.45) is 0.865. The number of hydrogen-bond acceptors (Lipinski definition) is 2. The van der Waals surface area contributed by atoms with Gasteiger partial charge in [-0.25, -0.2) is 0 Å². The normalized spacial score (nSPS) is 27.9. The van der Waals surface area contributed by atoms with E-state index >= 15 is 0 Å². The average molecular weight is 268 g/mol. The molecule has 1 fully saturated rings. The Balaban J connectivity index is 2.43. The molecule has 1 rings (SSSR count). The zero-order valence-corrected chi connectivity index (χ0v) is 10.5. The maximum atomic E-state index is 12.1. The lowest BCUT2D eigenvalue weighted by Gasteiger charge is -2.42. The molecule has 0 bridgehead atoms. The predicted molar refractivity (Wildman–Crippen MR) is 59.8 cm³/mol. The van der Waals surface area contributed by atoms with Crippen LogP contribution in [-0.4, -0.2) is 48.2 Å². The topological polar surface area (TPSA) is 12.5 Å². The Bertz CT molecular complexity index is 178. The van der Waals surface area contributed by atoms with Crippen molar-refractivity contribution >= 4 is 15.9 Å². The Morgan fingerprint density at radius 2 is 2.29 bits per heavy atom. The first-order valence-corrected chi connectivity index (χ1v) is 6.21. The van der Waals surface area contributed by atoms with Crippen molar-refractivity contribution in [3.8, 4) is 0 Å². The third kappa shape index (κ3) is 3.83. The molecular weight excluding hydrogens is 249 g/mol. The second-order valence-electron chi connectivity index (χ2n) is 4.43. The van der Waals surface area contributed by atoms with Gasteiger partial charge in [-0.15, -0.1) is 0 Å². The molecule has 0 aromatic heterocycles. The second-order valence-corrected chi connectivity index (χ2v) is 5.08. The van der Waals surface area contributed by atoms with Crippen molar-refractivity contribution in [3.63, 3.8) is 0 Å². The van der Waals surface area contributed by atoms with Crippen LogP contribution in [-0.2, 0) is 4.74 Å². The summed E-state index contributed by atoms with van der Waals surface area (Å²) in [7, 11) is 0. The predicted octanol–water partition coefficient (Wildman–Crippen LogP) is 2.22. The molecule has 4 heteroatoms. The van der Waals surface area contributed by atoms with Crippen molar-refractivity contribution in [2.24, 2.45) is 0 Å². The summed E-state index contributed by atoms with van der Waals surface area (Å²) in [5.74, 6) is 0. The van der Waals surface area contributed by atoms with Gasteiger partial charge >= 0.3 is 0 Å². The van der Waals surface area contributed by atoms with Crippen LogP contribution in [0.1, 0.15) is 20.3 Å².